The molecule has 21 heavy (non-hydrogen) atoms. The maximum atomic E-state index is 12.8. The Morgan fingerprint density at radius 3 is 2.33 bits per heavy atom. The van der Waals surface area contributed by atoms with Crippen molar-refractivity contribution in [3.05, 3.63) is 0 Å². The fraction of sp³-hybridized carbons (Fsp3) is 0.938. The van der Waals surface area contributed by atoms with Crippen LogP contribution in [0.1, 0.15) is 33.1 Å². The number of nitrogens with zero attached hydrogens (tertiary/aromatic N) is 3. The molecule has 5 heteroatoms. The first-order valence-corrected chi connectivity index (χ1v) is 8.26. The minimum atomic E-state index is -0.364. The average Bonchev–Trinajstić information content (AvgIpc) is 2.47. The predicted molar refractivity (Wildman–Crippen MR) is 88.2 cm³/mol. The zero-order chi connectivity index (χ0) is 16.0. The molecule has 1 rings (SSSR count). The average molecular weight is 298 g/mol. The summed E-state index contributed by atoms with van der Waals surface area (Å²) in [7, 11) is 6.24. The van der Waals surface area contributed by atoms with Crippen molar-refractivity contribution in [2.75, 3.05) is 47.3 Å². The zero-order valence-corrected chi connectivity index (χ0v) is 14.5. The summed E-state index contributed by atoms with van der Waals surface area (Å²) in [5.41, 5.74) is 6.20. The molecule has 0 radical (unpaired) electrons. The van der Waals surface area contributed by atoms with Crippen LogP contribution in [0.15, 0.2) is 0 Å². The van der Waals surface area contributed by atoms with Gasteiger partial charge in [-0.25, -0.2) is 0 Å². The van der Waals surface area contributed by atoms with Crippen LogP contribution in [0.5, 0.6) is 0 Å². The van der Waals surface area contributed by atoms with Gasteiger partial charge in [0.1, 0.15) is 0 Å². The zero-order valence-electron chi connectivity index (χ0n) is 14.5. The second-order valence-electron chi connectivity index (χ2n) is 6.78. The third-order valence-electron chi connectivity index (χ3n) is 4.74. The Hall–Kier alpha value is -0.650. The number of carbonyl (C=O) groups excluding carboxylic acids is 1. The molecule has 5 nitrogen and oxygen atoms in total. The Bertz CT molecular complexity index is 313. The number of carbonyl (C=O) groups is 1. The van der Waals surface area contributed by atoms with Gasteiger partial charge < -0.3 is 20.4 Å². The van der Waals surface area contributed by atoms with Gasteiger partial charge in [-0.1, -0.05) is 20.3 Å². The van der Waals surface area contributed by atoms with Gasteiger partial charge in [0.05, 0.1) is 6.04 Å². The van der Waals surface area contributed by atoms with Crippen LogP contribution in [0.4, 0.5) is 0 Å². The van der Waals surface area contributed by atoms with Crippen molar-refractivity contribution in [3.8, 4) is 0 Å². The van der Waals surface area contributed by atoms with E-state index < -0.39 is 0 Å². The lowest BCUT2D eigenvalue weighted by molar-refractivity contribution is -0.137. The summed E-state index contributed by atoms with van der Waals surface area (Å²) in [6.45, 7) is 7.97. The maximum Gasteiger partial charge on any atom is 0.240 e. The highest BCUT2D eigenvalue weighted by molar-refractivity contribution is 5.82. The molecule has 124 valence electrons. The smallest absolute Gasteiger partial charge is 0.240 e. The molecule has 1 saturated heterocycles. The number of amides is 1. The van der Waals surface area contributed by atoms with E-state index in [4.69, 9.17) is 5.73 Å². The van der Waals surface area contributed by atoms with Crippen molar-refractivity contribution in [2.24, 2.45) is 11.7 Å². The fourth-order valence-electron chi connectivity index (χ4n) is 2.78. The minimum Gasteiger partial charge on any atom is -0.337 e. The second-order valence-corrected chi connectivity index (χ2v) is 6.78. The number of likely N-dealkylation sites (tertiary alicyclic amines) is 1. The largest absolute Gasteiger partial charge is 0.337 e. The van der Waals surface area contributed by atoms with Crippen LogP contribution in [0.3, 0.4) is 0 Å². The molecule has 0 aromatic carbocycles. The van der Waals surface area contributed by atoms with Crippen molar-refractivity contribution in [3.63, 3.8) is 0 Å². The van der Waals surface area contributed by atoms with Gasteiger partial charge in [-0.3, -0.25) is 4.79 Å². The third-order valence-corrected chi connectivity index (χ3v) is 4.74. The Balaban J connectivity index is 2.73. The normalized spacial score (nSPS) is 20.5. The van der Waals surface area contributed by atoms with Crippen LogP contribution in [0.25, 0.3) is 0 Å². The first-order chi connectivity index (χ1) is 9.86. The van der Waals surface area contributed by atoms with Gasteiger partial charge in [0.2, 0.25) is 5.91 Å². The molecule has 0 bridgehead atoms. The lowest BCUT2D eigenvalue weighted by atomic mass is 9.96. The first kappa shape index (κ1) is 18.4. The molecule has 1 aliphatic rings. The summed E-state index contributed by atoms with van der Waals surface area (Å²) in [5, 5.41) is 0. The lowest BCUT2D eigenvalue weighted by Crippen LogP contribution is -2.54. The SMILES string of the molecule is CCC(C)C(N)C(=O)N(CCN(C)C)C1CCN(C)CC1. The molecule has 0 saturated carbocycles. The summed E-state index contributed by atoms with van der Waals surface area (Å²) in [6, 6.07) is -0.0134. The Labute approximate surface area is 130 Å². The quantitative estimate of drug-likeness (QED) is 0.757. The summed E-state index contributed by atoms with van der Waals surface area (Å²) in [5.74, 6) is 0.381. The summed E-state index contributed by atoms with van der Waals surface area (Å²) >= 11 is 0. The maximum absolute atomic E-state index is 12.8. The topological polar surface area (TPSA) is 52.8 Å². The van der Waals surface area contributed by atoms with E-state index in [2.05, 4.69) is 35.6 Å². The molecule has 1 amide bonds. The van der Waals surface area contributed by atoms with Gasteiger partial charge in [-0.2, -0.15) is 0 Å². The van der Waals surface area contributed by atoms with E-state index in [1.54, 1.807) is 0 Å². The molecule has 1 fully saturated rings. The van der Waals surface area contributed by atoms with E-state index in [0.29, 0.717) is 6.04 Å². The monoisotopic (exact) mass is 298 g/mol. The van der Waals surface area contributed by atoms with E-state index in [9.17, 15) is 4.79 Å². The second kappa shape index (κ2) is 8.71. The van der Waals surface area contributed by atoms with E-state index in [-0.39, 0.29) is 17.9 Å². The van der Waals surface area contributed by atoms with Crippen LogP contribution < -0.4 is 5.73 Å². The van der Waals surface area contributed by atoms with Crippen LogP contribution >= 0.6 is 0 Å². The van der Waals surface area contributed by atoms with Crippen molar-refractivity contribution in [2.45, 2.75) is 45.2 Å². The minimum absolute atomic E-state index is 0.140. The van der Waals surface area contributed by atoms with Gasteiger partial charge >= 0.3 is 0 Å². The molecule has 2 N–H and O–H groups in total. The molecule has 0 aliphatic carbocycles. The van der Waals surface area contributed by atoms with Crippen molar-refractivity contribution < 1.29 is 4.79 Å². The van der Waals surface area contributed by atoms with Crippen molar-refractivity contribution >= 4 is 5.91 Å². The van der Waals surface area contributed by atoms with Crippen LogP contribution in [-0.2, 0) is 4.79 Å². The third kappa shape index (κ3) is 5.57. The molecule has 2 unspecified atom stereocenters. The molecular formula is C16H34N4O. The van der Waals surface area contributed by atoms with E-state index in [0.717, 1.165) is 45.4 Å². The number of piperidine rings is 1. The number of hydrogen-bond acceptors (Lipinski definition) is 4. The number of hydrogen-bond donors (Lipinski definition) is 1. The number of nitrogens with two attached hydrogens (primary N) is 1. The van der Waals surface area contributed by atoms with E-state index >= 15 is 0 Å². The number of likely N-dealkylation sites (N-methyl/N-ethyl adjacent to an activating group) is 1. The van der Waals surface area contributed by atoms with Crippen LogP contribution in [-0.4, -0.2) is 80.0 Å². The van der Waals surface area contributed by atoms with E-state index in [1.165, 1.54) is 0 Å². The van der Waals surface area contributed by atoms with E-state index in [1.807, 2.05) is 14.1 Å². The highest BCUT2D eigenvalue weighted by atomic mass is 16.2. The van der Waals surface area contributed by atoms with Gasteiger partial charge in [0, 0.05) is 19.1 Å². The molecule has 0 aromatic heterocycles. The summed E-state index contributed by atoms with van der Waals surface area (Å²) in [6.07, 6.45) is 3.06. The predicted octanol–water partition coefficient (Wildman–Crippen LogP) is 0.844. The van der Waals surface area contributed by atoms with Crippen LogP contribution in [0.2, 0.25) is 0 Å². The summed E-state index contributed by atoms with van der Waals surface area (Å²) in [4.78, 5) is 19.3. The molecule has 0 aromatic rings. The van der Waals surface area contributed by atoms with Crippen molar-refractivity contribution in [1.29, 1.82) is 0 Å². The Morgan fingerprint density at radius 1 is 1.29 bits per heavy atom. The molecule has 0 spiro atoms. The molecular weight excluding hydrogens is 264 g/mol. The fourth-order valence-corrected chi connectivity index (χ4v) is 2.78. The standard InChI is InChI=1S/C16H34N4O/c1-6-13(2)15(17)16(21)20(12-11-18(3)4)14-7-9-19(5)10-8-14/h13-15H,6-12,17H2,1-5H3. The molecule has 2 atom stereocenters. The first-order valence-electron chi connectivity index (χ1n) is 8.26. The Kier molecular flexibility index (Phi) is 7.63. The lowest BCUT2D eigenvalue weighted by Gasteiger charge is -2.39. The molecule has 1 heterocycles. The Morgan fingerprint density at radius 2 is 1.86 bits per heavy atom. The van der Waals surface area contributed by atoms with Gasteiger partial charge in [0.15, 0.2) is 0 Å². The van der Waals surface area contributed by atoms with Gasteiger partial charge in [-0.15, -0.1) is 0 Å². The highest BCUT2D eigenvalue weighted by Crippen LogP contribution is 2.18. The molecule has 1 aliphatic heterocycles. The van der Waals surface area contributed by atoms with Gasteiger partial charge in [-0.05, 0) is 53.0 Å². The van der Waals surface area contributed by atoms with Gasteiger partial charge in [0.25, 0.3) is 0 Å². The highest BCUT2D eigenvalue weighted by Gasteiger charge is 2.31. The van der Waals surface area contributed by atoms with Crippen LogP contribution in [0, 0.1) is 5.92 Å². The summed E-state index contributed by atoms with van der Waals surface area (Å²) < 4.78 is 0. The number of rotatable bonds is 7. The van der Waals surface area contributed by atoms with Crippen molar-refractivity contribution in [1.82, 2.24) is 14.7 Å².